The van der Waals surface area contributed by atoms with E-state index in [1.54, 1.807) is 4.90 Å². The van der Waals surface area contributed by atoms with Gasteiger partial charge in [0.15, 0.2) is 0 Å². The molecule has 4 saturated carbocycles. The molecule has 5 fully saturated rings. The van der Waals surface area contributed by atoms with E-state index in [0.29, 0.717) is 32.4 Å². The van der Waals surface area contributed by atoms with Crippen LogP contribution in [0.5, 0.6) is 0 Å². The summed E-state index contributed by atoms with van der Waals surface area (Å²) < 4.78 is 11.2. The maximum Gasteiger partial charge on any atom is 0.410 e. The Bertz CT molecular complexity index is 1050. The van der Waals surface area contributed by atoms with Gasteiger partial charge in [0.05, 0.1) is 6.04 Å². The number of hydrogen-bond donors (Lipinski definition) is 3. The van der Waals surface area contributed by atoms with Crippen molar-refractivity contribution in [3.63, 3.8) is 0 Å². The average molecular weight is 561 g/mol. The van der Waals surface area contributed by atoms with Crippen LogP contribution in [0.3, 0.4) is 0 Å². The number of nitrogens with one attached hydrogen (secondary N) is 2. The van der Waals surface area contributed by atoms with Gasteiger partial charge in [0.25, 0.3) is 5.91 Å². The van der Waals surface area contributed by atoms with E-state index >= 15 is 0 Å². The van der Waals surface area contributed by atoms with Crippen LogP contribution < -0.4 is 16.4 Å². The smallest absolute Gasteiger partial charge is 0.410 e. The molecule has 4 amide bonds. The fourth-order valence-electron chi connectivity index (χ4n) is 7.15. The van der Waals surface area contributed by atoms with Crippen LogP contribution in [-0.2, 0) is 28.7 Å². The summed E-state index contributed by atoms with van der Waals surface area (Å²) in [4.78, 5) is 66.8. The minimum absolute atomic E-state index is 0.0660. The van der Waals surface area contributed by atoms with E-state index < -0.39 is 47.6 Å². The Morgan fingerprint density at radius 2 is 1.68 bits per heavy atom. The van der Waals surface area contributed by atoms with E-state index in [4.69, 9.17) is 15.2 Å². The molecular weight excluding hydrogens is 516 g/mol. The van der Waals surface area contributed by atoms with Crippen LogP contribution in [0.1, 0.15) is 85.0 Å². The number of fused-ring (bicyclic) bond motifs is 1. The fraction of sp³-hybridized carbons (Fsp3) is 0.828. The lowest BCUT2D eigenvalue weighted by molar-refractivity contribution is -0.145. The van der Waals surface area contributed by atoms with Crippen molar-refractivity contribution in [2.24, 2.45) is 34.8 Å². The van der Waals surface area contributed by atoms with Crippen LogP contribution in [0.4, 0.5) is 4.79 Å². The third-order valence-corrected chi connectivity index (χ3v) is 9.91. The normalized spacial score (nSPS) is 29.5. The first-order valence-corrected chi connectivity index (χ1v) is 15.1. The highest BCUT2D eigenvalue weighted by atomic mass is 16.7. The van der Waals surface area contributed by atoms with Crippen LogP contribution >= 0.6 is 0 Å². The topological polar surface area (TPSA) is 157 Å². The largest absolute Gasteiger partial charge is 0.417 e. The number of nitrogens with zero attached hydrogens (tertiary/aromatic N) is 1. The molecule has 1 saturated heterocycles. The molecule has 4 N–H and O–H groups in total. The molecule has 1 heterocycles. The van der Waals surface area contributed by atoms with Crippen LogP contribution in [0, 0.1) is 29.1 Å². The lowest BCUT2D eigenvalue weighted by Gasteiger charge is -2.37. The van der Waals surface area contributed by atoms with Crippen molar-refractivity contribution in [3.8, 4) is 0 Å². The highest BCUT2D eigenvalue weighted by Crippen LogP contribution is 2.65. The molecule has 0 aromatic heterocycles. The van der Waals surface area contributed by atoms with Gasteiger partial charge in [0.1, 0.15) is 12.1 Å². The van der Waals surface area contributed by atoms with Gasteiger partial charge in [-0.1, -0.05) is 46.0 Å². The molecular formula is C29H44N4O7. The van der Waals surface area contributed by atoms with Crippen molar-refractivity contribution in [1.82, 2.24) is 15.5 Å². The second-order valence-corrected chi connectivity index (χ2v) is 13.1. The van der Waals surface area contributed by atoms with E-state index in [1.165, 1.54) is 0 Å². The summed E-state index contributed by atoms with van der Waals surface area (Å²) in [5, 5.41) is 5.65. The Hall–Kier alpha value is -2.69. The summed E-state index contributed by atoms with van der Waals surface area (Å²) in [5.74, 6) is -3.27. The number of rotatable bonds is 12. The number of primary amides is 1. The first-order chi connectivity index (χ1) is 19.0. The van der Waals surface area contributed by atoms with Crippen molar-refractivity contribution in [2.45, 2.75) is 109 Å². The van der Waals surface area contributed by atoms with E-state index in [9.17, 15) is 24.0 Å². The minimum Gasteiger partial charge on any atom is -0.417 e. The molecule has 11 nitrogen and oxygen atoms in total. The number of carbonyl (C=O) groups is 5. The molecule has 40 heavy (non-hydrogen) atoms. The van der Waals surface area contributed by atoms with Gasteiger partial charge in [-0.15, -0.1) is 0 Å². The third-order valence-electron chi connectivity index (χ3n) is 9.91. The van der Waals surface area contributed by atoms with Gasteiger partial charge < -0.3 is 30.7 Å². The van der Waals surface area contributed by atoms with Gasteiger partial charge in [-0.05, 0) is 55.3 Å². The fourth-order valence-corrected chi connectivity index (χ4v) is 7.15. The molecule has 5 rings (SSSR count). The molecule has 5 aliphatic rings. The Balaban J connectivity index is 1.34. The number of nitrogens with two attached hydrogens (primary N) is 1. The molecule has 0 aromatic rings. The van der Waals surface area contributed by atoms with Gasteiger partial charge in [0.2, 0.25) is 23.4 Å². The van der Waals surface area contributed by atoms with Crippen molar-refractivity contribution in [2.75, 3.05) is 13.2 Å². The second kappa shape index (κ2) is 10.9. The standard InChI is InChI=1S/C29H44N4O7/c1-4-39-29(12-13-29)40-27(38)32-21(17-8-6-5-7-9-17)26(37)33-15-18-20(28(18,2)3)22(33)25(36)31-19(14-16-10-11-16)23(34)24(30)35/h16-22H,4-15H2,1-3H3,(H2,30,35)(H,31,36)(H,32,38)/t18-,19?,20-,21-,22-/m0/s1. The molecule has 5 atom stereocenters. The Kier molecular flexibility index (Phi) is 7.89. The Morgan fingerprint density at radius 1 is 1.00 bits per heavy atom. The lowest BCUT2D eigenvalue weighted by Crippen LogP contribution is -2.59. The Labute approximate surface area is 235 Å². The third kappa shape index (κ3) is 5.85. The number of likely N-dealkylation sites (tertiary alicyclic amines) is 1. The van der Waals surface area contributed by atoms with Crippen molar-refractivity contribution in [1.29, 1.82) is 0 Å². The molecule has 11 heteroatoms. The first kappa shape index (κ1) is 28.8. The molecule has 1 unspecified atom stereocenters. The molecule has 222 valence electrons. The number of hydrogen-bond acceptors (Lipinski definition) is 7. The molecule has 0 spiro atoms. The highest BCUT2D eigenvalue weighted by Gasteiger charge is 2.70. The summed E-state index contributed by atoms with van der Waals surface area (Å²) in [6.07, 6.45) is 7.42. The number of alkyl carbamates (subject to hydrolysis) is 1. The van der Waals surface area contributed by atoms with E-state index in [-0.39, 0.29) is 35.0 Å². The van der Waals surface area contributed by atoms with E-state index in [0.717, 1.165) is 44.9 Å². The van der Waals surface area contributed by atoms with Crippen LogP contribution in [0.15, 0.2) is 0 Å². The summed E-state index contributed by atoms with van der Waals surface area (Å²) in [6.45, 7) is 6.82. The maximum atomic E-state index is 14.2. The molecule has 0 aromatic carbocycles. The Morgan fingerprint density at radius 3 is 2.25 bits per heavy atom. The van der Waals surface area contributed by atoms with Gasteiger partial charge in [-0.2, -0.15) is 0 Å². The van der Waals surface area contributed by atoms with Crippen molar-refractivity contribution in [3.05, 3.63) is 0 Å². The monoisotopic (exact) mass is 560 g/mol. The average Bonchev–Trinajstić information content (AvgIpc) is 3.87. The minimum atomic E-state index is -1.07. The summed E-state index contributed by atoms with van der Waals surface area (Å²) in [6, 6.07) is -2.61. The number of carbonyl (C=O) groups excluding carboxylic acids is 5. The number of ketones is 1. The lowest BCUT2D eigenvalue weighted by atomic mass is 9.83. The zero-order valence-corrected chi connectivity index (χ0v) is 23.9. The number of Topliss-reactive ketones (excluding diaryl/α,β-unsaturated/α-hetero) is 1. The number of amides is 4. The summed E-state index contributed by atoms with van der Waals surface area (Å²) >= 11 is 0. The predicted molar refractivity (Wildman–Crippen MR) is 143 cm³/mol. The predicted octanol–water partition coefficient (Wildman–Crippen LogP) is 2.01. The van der Waals surface area contributed by atoms with Crippen LogP contribution in [0.2, 0.25) is 0 Å². The second-order valence-electron chi connectivity index (χ2n) is 13.1. The van der Waals surface area contributed by atoms with Gasteiger partial charge >= 0.3 is 6.09 Å². The molecule has 0 radical (unpaired) electrons. The molecule has 4 aliphatic carbocycles. The maximum absolute atomic E-state index is 14.2. The van der Waals surface area contributed by atoms with Crippen molar-refractivity contribution >= 4 is 29.6 Å². The van der Waals surface area contributed by atoms with Gasteiger partial charge in [-0.25, -0.2) is 4.79 Å². The quantitative estimate of drug-likeness (QED) is 0.243. The summed E-state index contributed by atoms with van der Waals surface area (Å²) in [5.41, 5.74) is 5.15. The number of ether oxygens (including phenoxy) is 2. The van der Waals surface area contributed by atoms with Crippen LogP contribution in [-0.4, -0.2) is 71.6 Å². The van der Waals surface area contributed by atoms with E-state index in [2.05, 4.69) is 24.5 Å². The van der Waals surface area contributed by atoms with Gasteiger partial charge in [-0.3, -0.25) is 19.2 Å². The van der Waals surface area contributed by atoms with Gasteiger partial charge in [0, 0.05) is 26.0 Å². The summed E-state index contributed by atoms with van der Waals surface area (Å²) in [7, 11) is 0. The first-order valence-electron chi connectivity index (χ1n) is 15.1. The zero-order valence-electron chi connectivity index (χ0n) is 23.9. The highest BCUT2D eigenvalue weighted by molar-refractivity contribution is 6.37. The molecule has 0 bridgehead atoms. The van der Waals surface area contributed by atoms with Crippen LogP contribution in [0.25, 0.3) is 0 Å². The van der Waals surface area contributed by atoms with Crippen molar-refractivity contribution < 1.29 is 33.4 Å². The number of piperidine rings is 1. The molecule has 1 aliphatic heterocycles. The SMILES string of the molecule is CCOC1(OC(=O)N[C@H](C(=O)N2C[C@H]3[C@@H]([C@H]2C(=O)NC(CC2CC2)C(=O)C(N)=O)C3(C)C)C2CCCCC2)CC1. The zero-order chi connectivity index (χ0) is 28.8. The van der Waals surface area contributed by atoms with E-state index in [1.807, 2.05) is 6.92 Å².